The van der Waals surface area contributed by atoms with Gasteiger partial charge in [0.2, 0.25) is 5.91 Å². The Morgan fingerprint density at radius 1 is 1.11 bits per heavy atom. The quantitative estimate of drug-likeness (QED) is 0.435. The van der Waals surface area contributed by atoms with E-state index >= 15 is 0 Å². The fourth-order valence-corrected chi connectivity index (χ4v) is 5.01. The smallest absolute Gasteiger partial charge is 0.225 e. The summed E-state index contributed by atoms with van der Waals surface area (Å²) in [4.78, 5) is 22.1. The van der Waals surface area contributed by atoms with E-state index in [1.165, 1.54) is 11.1 Å². The molecule has 1 atom stereocenters. The van der Waals surface area contributed by atoms with Gasteiger partial charge in [-0.15, -0.1) is 0 Å². The SMILES string of the molecule is Cc1ccc(-c2cc3c(N4CCC[C@H](C(=O)NCc5ccc(N(C)C)cc5)C4)nccn3n2)c(C)c1. The van der Waals surface area contributed by atoms with Gasteiger partial charge < -0.3 is 15.1 Å². The molecule has 4 aromatic rings. The molecule has 1 N–H and O–H groups in total. The van der Waals surface area contributed by atoms with E-state index in [4.69, 9.17) is 10.1 Å². The number of benzene rings is 2. The maximum atomic E-state index is 13.1. The number of anilines is 2. The second kappa shape index (κ2) is 10.0. The highest BCUT2D eigenvalue weighted by atomic mass is 16.1. The highest BCUT2D eigenvalue weighted by Gasteiger charge is 2.28. The van der Waals surface area contributed by atoms with Crippen molar-refractivity contribution in [2.24, 2.45) is 5.92 Å². The fraction of sp³-hybridized carbons (Fsp3) is 0.345. The van der Waals surface area contributed by atoms with E-state index in [0.29, 0.717) is 13.1 Å². The molecule has 5 rings (SSSR count). The van der Waals surface area contributed by atoms with Gasteiger partial charge in [-0.2, -0.15) is 5.10 Å². The Balaban J connectivity index is 1.30. The van der Waals surface area contributed by atoms with Crippen LogP contribution in [0.5, 0.6) is 0 Å². The van der Waals surface area contributed by atoms with E-state index in [9.17, 15) is 4.79 Å². The van der Waals surface area contributed by atoms with Crippen LogP contribution in [0.1, 0.15) is 29.5 Å². The minimum Gasteiger partial charge on any atom is -0.378 e. The highest BCUT2D eigenvalue weighted by Crippen LogP contribution is 2.30. The second-order valence-corrected chi connectivity index (χ2v) is 9.99. The Labute approximate surface area is 212 Å². The normalized spacial score (nSPS) is 15.8. The van der Waals surface area contributed by atoms with Crippen molar-refractivity contribution in [3.8, 4) is 11.3 Å². The Morgan fingerprint density at radius 3 is 2.67 bits per heavy atom. The molecular formula is C29H34N6O. The number of hydrogen-bond donors (Lipinski definition) is 1. The summed E-state index contributed by atoms with van der Waals surface area (Å²) in [5, 5.41) is 7.98. The molecule has 0 aliphatic carbocycles. The molecule has 3 heterocycles. The van der Waals surface area contributed by atoms with Gasteiger partial charge >= 0.3 is 0 Å². The minimum absolute atomic E-state index is 0.0661. The zero-order valence-electron chi connectivity index (χ0n) is 21.5. The van der Waals surface area contributed by atoms with Gasteiger partial charge in [-0.25, -0.2) is 9.50 Å². The van der Waals surface area contributed by atoms with Crippen molar-refractivity contribution in [1.82, 2.24) is 19.9 Å². The van der Waals surface area contributed by atoms with Gasteiger partial charge in [-0.1, -0.05) is 35.9 Å². The van der Waals surface area contributed by atoms with Crippen LogP contribution in [0.4, 0.5) is 11.5 Å². The number of aromatic nitrogens is 3. The van der Waals surface area contributed by atoms with Crippen molar-refractivity contribution in [2.75, 3.05) is 37.0 Å². The van der Waals surface area contributed by atoms with Crippen molar-refractivity contribution in [3.63, 3.8) is 0 Å². The molecular weight excluding hydrogens is 448 g/mol. The summed E-state index contributed by atoms with van der Waals surface area (Å²) in [6, 6.07) is 16.8. The molecule has 1 aliphatic heterocycles. The number of nitrogens with one attached hydrogen (secondary N) is 1. The summed E-state index contributed by atoms with van der Waals surface area (Å²) in [5.41, 5.74) is 7.73. The first kappa shape index (κ1) is 23.9. The number of aryl methyl sites for hydroxylation is 2. The maximum Gasteiger partial charge on any atom is 0.225 e. The first-order valence-electron chi connectivity index (χ1n) is 12.6. The van der Waals surface area contributed by atoms with Crippen LogP contribution in [0.3, 0.4) is 0 Å². The third-order valence-electron chi connectivity index (χ3n) is 7.04. The lowest BCUT2D eigenvalue weighted by Gasteiger charge is -2.33. The average molecular weight is 483 g/mol. The van der Waals surface area contributed by atoms with Crippen LogP contribution < -0.4 is 15.1 Å². The van der Waals surface area contributed by atoms with Crippen LogP contribution in [-0.4, -0.2) is 47.7 Å². The van der Waals surface area contributed by atoms with E-state index in [0.717, 1.165) is 53.2 Å². The van der Waals surface area contributed by atoms with Gasteiger partial charge in [0.25, 0.3) is 0 Å². The summed E-state index contributed by atoms with van der Waals surface area (Å²) in [6.07, 6.45) is 5.53. The second-order valence-electron chi connectivity index (χ2n) is 9.99. The lowest BCUT2D eigenvalue weighted by atomic mass is 9.97. The highest BCUT2D eigenvalue weighted by molar-refractivity contribution is 5.81. The third kappa shape index (κ3) is 4.91. The van der Waals surface area contributed by atoms with E-state index < -0.39 is 0 Å². The number of carbonyl (C=O) groups is 1. The zero-order chi connectivity index (χ0) is 25.2. The summed E-state index contributed by atoms with van der Waals surface area (Å²) >= 11 is 0. The average Bonchev–Trinajstić information content (AvgIpc) is 3.31. The van der Waals surface area contributed by atoms with Gasteiger partial charge in [0, 0.05) is 57.4 Å². The van der Waals surface area contributed by atoms with E-state index in [1.807, 2.05) is 24.8 Å². The molecule has 1 saturated heterocycles. The lowest BCUT2D eigenvalue weighted by molar-refractivity contribution is -0.125. The maximum absolute atomic E-state index is 13.1. The predicted molar refractivity (Wildman–Crippen MR) is 145 cm³/mol. The van der Waals surface area contributed by atoms with E-state index in [1.54, 1.807) is 6.20 Å². The Hall–Kier alpha value is -3.87. The van der Waals surface area contributed by atoms with Gasteiger partial charge in [0.15, 0.2) is 5.82 Å². The molecule has 2 aromatic carbocycles. The van der Waals surface area contributed by atoms with Gasteiger partial charge in [0.1, 0.15) is 5.52 Å². The summed E-state index contributed by atoms with van der Waals surface area (Å²) < 4.78 is 1.90. The molecule has 186 valence electrons. The van der Waals surface area contributed by atoms with Crippen molar-refractivity contribution in [3.05, 3.63) is 77.6 Å². The zero-order valence-corrected chi connectivity index (χ0v) is 21.5. The number of fused-ring (bicyclic) bond motifs is 1. The number of hydrogen-bond acceptors (Lipinski definition) is 5. The Morgan fingerprint density at radius 2 is 1.92 bits per heavy atom. The molecule has 1 amide bonds. The molecule has 36 heavy (non-hydrogen) atoms. The molecule has 0 spiro atoms. The summed E-state index contributed by atoms with van der Waals surface area (Å²) in [7, 11) is 4.05. The molecule has 7 nitrogen and oxygen atoms in total. The fourth-order valence-electron chi connectivity index (χ4n) is 5.01. The topological polar surface area (TPSA) is 65.8 Å². The van der Waals surface area contributed by atoms with Crippen LogP contribution in [0.25, 0.3) is 16.8 Å². The molecule has 0 radical (unpaired) electrons. The number of carbonyl (C=O) groups excluding carboxylic acids is 1. The van der Waals surface area contributed by atoms with E-state index in [-0.39, 0.29) is 11.8 Å². The van der Waals surface area contributed by atoms with Crippen molar-refractivity contribution < 1.29 is 4.79 Å². The molecule has 0 saturated carbocycles. The van der Waals surface area contributed by atoms with Crippen LogP contribution in [0, 0.1) is 19.8 Å². The first-order chi connectivity index (χ1) is 17.4. The minimum atomic E-state index is -0.0661. The Kier molecular flexibility index (Phi) is 6.63. The standard InChI is InChI=1S/C29H34N6O/c1-20-7-12-25(21(2)16-20)26-17-27-28(30-13-15-35(27)32-26)34-14-5-6-23(19-34)29(36)31-18-22-8-10-24(11-9-22)33(3)4/h7-13,15-17,23H,5-6,14,18-19H2,1-4H3,(H,31,36)/t23-/m0/s1. The largest absolute Gasteiger partial charge is 0.378 e. The Bertz CT molecular complexity index is 1370. The van der Waals surface area contributed by atoms with Crippen LogP contribution in [0.15, 0.2) is 60.9 Å². The number of piperidine rings is 1. The monoisotopic (exact) mass is 482 g/mol. The van der Waals surface area contributed by atoms with Crippen molar-refractivity contribution >= 4 is 22.9 Å². The van der Waals surface area contributed by atoms with Gasteiger partial charge in [0.05, 0.1) is 11.6 Å². The molecule has 0 unspecified atom stereocenters. The molecule has 1 aliphatic rings. The van der Waals surface area contributed by atoms with Crippen LogP contribution in [-0.2, 0) is 11.3 Å². The molecule has 1 fully saturated rings. The van der Waals surface area contributed by atoms with Gasteiger partial charge in [-0.3, -0.25) is 4.79 Å². The predicted octanol–water partition coefficient (Wildman–Crippen LogP) is 4.61. The molecule has 7 heteroatoms. The van der Waals surface area contributed by atoms with Crippen molar-refractivity contribution in [1.29, 1.82) is 0 Å². The number of rotatable bonds is 6. The molecule has 0 bridgehead atoms. The number of nitrogens with zero attached hydrogens (tertiary/aromatic N) is 5. The van der Waals surface area contributed by atoms with Crippen LogP contribution >= 0.6 is 0 Å². The first-order valence-corrected chi connectivity index (χ1v) is 12.6. The lowest BCUT2D eigenvalue weighted by Crippen LogP contribution is -2.43. The summed E-state index contributed by atoms with van der Waals surface area (Å²) in [6.45, 7) is 6.30. The van der Waals surface area contributed by atoms with Crippen molar-refractivity contribution in [2.45, 2.75) is 33.2 Å². The van der Waals surface area contributed by atoms with E-state index in [2.05, 4.69) is 77.5 Å². The molecule has 2 aromatic heterocycles. The third-order valence-corrected chi connectivity index (χ3v) is 7.04. The van der Waals surface area contributed by atoms with Gasteiger partial charge in [-0.05, 0) is 56.0 Å². The summed E-state index contributed by atoms with van der Waals surface area (Å²) in [5.74, 6) is 0.925. The van der Waals surface area contributed by atoms with Crippen LogP contribution in [0.2, 0.25) is 0 Å². The number of amides is 1.